The lowest BCUT2D eigenvalue weighted by Crippen LogP contribution is -2.36. The van der Waals surface area contributed by atoms with Crippen LogP contribution in [0, 0.1) is 23.0 Å². The third-order valence-electron chi connectivity index (χ3n) is 7.04. The van der Waals surface area contributed by atoms with Crippen molar-refractivity contribution in [1.29, 1.82) is 5.26 Å². The van der Waals surface area contributed by atoms with Crippen LogP contribution in [0.25, 0.3) is 22.3 Å². The van der Waals surface area contributed by atoms with Gasteiger partial charge < -0.3 is 10.5 Å². The Hall–Kier alpha value is -3.27. The Labute approximate surface area is 192 Å². The lowest BCUT2D eigenvalue weighted by atomic mass is 9.92. The van der Waals surface area contributed by atoms with E-state index in [4.69, 9.17) is 15.7 Å². The van der Waals surface area contributed by atoms with Crippen LogP contribution in [0.1, 0.15) is 30.4 Å². The Kier molecular flexibility index (Phi) is 5.61. The summed E-state index contributed by atoms with van der Waals surface area (Å²) in [6, 6.07) is 18.4. The predicted molar refractivity (Wildman–Crippen MR) is 123 cm³/mol. The number of hydrogen-bond acceptors (Lipinski definition) is 4. The summed E-state index contributed by atoms with van der Waals surface area (Å²) in [4.78, 5) is 2.48. The molecule has 0 radical (unpaired) electrons. The molecule has 3 atom stereocenters. The highest BCUT2D eigenvalue weighted by Crippen LogP contribution is 2.40. The van der Waals surface area contributed by atoms with Crippen LogP contribution in [-0.2, 0) is 6.54 Å². The van der Waals surface area contributed by atoms with Gasteiger partial charge in [-0.25, -0.2) is 8.78 Å². The smallest absolute Gasteiger partial charge is 0.165 e. The van der Waals surface area contributed by atoms with Crippen molar-refractivity contribution in [2.45, 2.75) is 43.9 Å². The minimum absolute atomic E-state index is 0.00502. The molecule has 2 N–H and O–H groups in total. The first-order chi connectivity index (χ1) is 16.0. The average Bonchev–Trinajstić information content (AvgIpc) is 3.34. The molecule has 2 aliphatic rings. The third-order valence-corrected chi connectivity index (χ3v) is 7.04. The van der Waals surface area contributed by atoms with E-state index in [0.717, 1.165) is 36.1 Å². The summed E-state index contributed by atoms with van der Waals surface area (Å²) in [7, 11) is 1.43. The fourth-order valence-corrected chi connectivity index (χ4v) is 5.39. The molecule has 2 saturated heterocycles. The van der Waals surface area contributed by atoms with Crippen LogP contribution >= 0.6 is 0 Å². The van der Waals surface area contributed by atoms with Crippen LogP contribution in [0.4, 0.5) is 8.78 Å². The van der Waals surface area contributed by atoms with E-state index in [1.54, 1.807) is 18.2 Å². The van der Waals surface area contributed by atoms with Gasteiger partial charge in [-0.15, -0.1) is 0 Å². The van der Waals surface area contributed by atoms with Gasteiger partial charge >= 0.3 is 0 Å². The lowest BCUT2D eigenvalue weighted by molar-refractivity contribution is 0.239. The van der Waals surface area contributed by atoms with E-state index in [1.165, 1.54) is 31.7 Å². The quantitative estimate of drug-likeness (QED) is 0.583. The molecule has 5 rings (SSSR count). The van der Waals surface area contributed by atoms with Gasteiger partial charge in [0, 0.05) is 24.7 Å². The van der Waals surface area contributed by atoms with Gasteiger partial charge in [0.1, 0.15) is 11.9 Å². The Bertz CT molecular complexity index is 1250. The van der Waals surface area contributed by atoms with Gasteiger partial charge in [-0.3, -0.25) is 4.90 Å². The van der Waals surface area contributed by atoms with Gasteiger partial charge in [0.25, 0.3) is 0 Å². The molecule has 33 heavy (non-hydrogen) atoms. The van der Waals surface area contributed by atoms with E-state index in [-0.39, 0.29) is 17.4 Å². The second-order valence-electron chi connectivity index (χ2n) is 8.91. The molecule has 4 nitrogen and oxygen atoms in total. The van der Waals surface area contributed by atoms with E-state index in [1.807, 2.05) is 24.3 Å². The van der Waals surface area contributed by atoms with Gasteiger partial charge in [-0.1, -0.05) is 24.3 Å². The molecular weight excluding hydrogens is 420 g/mol. The van der Waals surface area contributed by atoms with Gasteiger partial charge in [0.15, 0.2) is 11.6 Å². The molecule has 6 heteroatoms. The number of hydrogen-bond donors (Lipinski definition) is 1. The van der Waals surface area contributed by atoms with Crippen LogP contribution in [-0.4, -0.2) is 30.1 Å². The summed E-state index contributed by atoms with van der Waals surface area (Å²) in [5.41, 5.74) is 10.3. The highest BCUT2D eigenvalue weighted by Gasteiger charge is 2.44. The Morgan fingerprint density at radius 1 is 1.00 bits per heavy atom. The van der Waals surface area contributed by atoms with Crippen LogP contribution in [0.3, 0.4) is 0 Å². The summed E-state index contributed by atoms with van der Waals surface area (Å²) in [5, 5.41) is 9.11. The van der Waals surface area contributed by atoms with E-state index in [0.29, 0.717) is 23.2 Å². The molecule has 2 aliphatic heterocycles. The molecule has 0 aliphatic carbocycles. The van der Waals surface area contributed by atoms with E-state index >= 15 is 0 Å². The average molecular weight is 446 g/mol. The fourth-order valence-electron chi connectivity index (χ4n) is 5.39. The van der Waals surface area contributed by atoms with Crippen molar-refractivity contribution in [3.63, 3.8) is 0 Å². The van der Waals surface area contributed by atoms with Gasteiger partial charge in [-0.05, 0) is 77.4 Å². The van der Waals surface area contributed by atoms with E-state index in [9.17, 15) is 8.78 Å². The molecular formula is C27H25F2N3O. The van der Waals surface area contributed by atoms with E-state index < -0.39 is 11.6 Å². The van der Waals surface area contributed by atoms with E-state index in [2.05, 4.69) is 4.90 Å². The van der Waals surface area contributed by atoms with Crippen LogP contribution in [0.15, 0.2) is 54.6 Å². The molecule has 0 saturated carbocycles. The van der Waals surface area contributed by atoms with Crippen molar-refractivity contribution in [1.82, 2.24) is 4.90 Å². The van der Waals surface area contributed by atoms with Gasteiger partial charge in [0.2, 0.25) is 0 Å². The normalized spacial score (nSPS) is 21.8. The topological polar surface area (TPSA) is 62.3 Å². The fraction of sp³-hybridized carbons (Fsp3) is 0.296. The Morgan fingerprint density at radius 3 is 2.39 bits per heavy atom. The number of nitriles is 1. The highest BCUT2D eigenvalue weighted by atomic mass is 19.1. The zero-order chi connectivity index (χ0) is 23.1. The minimum Gasteiger partial charge on any atom is -0.494 e. The summed E-state index contributed by atoms with van der Waals surface area (Å²) >= 11 is 0. The molecule has 0 aromatic heterocycles. The van der Waals surface area contributed by atoms with Crippen molar-refractivity contribution in [3.05, 3.63) is 77.4 Å². The largest absolute Gasteiger partial charge is 0.494 e. The minimum atomic E-state index is -0.573. The third kappa shape index (κ3) is 3.88. The molecule has 0 amide bonds. The Balaban J connectivity index is 1.58. The highest BCUT2D eigenvalue weighted by molar-refractivity contribution is 5.84. The van der Waals surface area contributed by atoms with Gasteiger partial charge in [0.05, 0.1) is 12.7 Å². The zero-order valence-electron chi connectivity index (χ0n) is 18.4. The standard InChI is InChI=1S/C27H25F2N3O/c1-33-27-9-5-17(12-24(27)29)21-7-2-16(15-32-20-6-8-26(32)25(31)13-20)10-22(21)18-3-4-19(14-30)23(28)11-18/h2-5,7,9-12,20,25-26H,6,8,13,15,31H2,1H3/t20-,25+,26+/m1/s1. The number of fused-ring (bicyclic) bond motifs is 2. The van der Waals surface area contributed by atoms with Crippen molar-refractivity contribution in [2.75, 3.05) is 7.11 Å². The number of nitrogens with zero attached hydrogens (tertiary/aromatic N) is 2. The van der Waals surface area contributed by atoms with Crippen molar-refractivity contribution in [2.24, 2.45) is 5.73 Å². The number of benzene rings is 3. The number of rotatable bonds is 5. The van der Waals surface area contributed by atoms with Crippen molar-refractivity contribution in [3.8, 4) is 34.1 Å². The van der Waals surface area contributed by atoms with Crippen molar-refractivity contribution >= 4 is 0 Å². The lowest BCUT2D eigenvalue weighted by Gasteiger charge is -2.23. The molecule has 2 bridgehead atoms. The number of nitrogens with two attached hydrogens (primary N) is 1. The van der Waals surface area contributed by atoms with Crippen molar-refractivity contribution < 1.29 is 13.5 Å². The second kappa shape index (κ2) is 8.58. The monoisotopic (exact) mass is 445 g/mol. The predicted octanol–water partition coefficient (Wildman–Crippen LogP) is 5.24. The zero-order valence-corrected chi connectivity index (χ0v) is 18.4. The summed E-state index contributed by atoms with van der Waals surface area (Å²) in [6.45, 7) is 0.770. The van der Waals surface area contributed by atoms with Crippen LogP contribution in [0.2, 0.25) is 0 Å². The molecule has 3 aromatic carbocycles. The summed E-state index contributed by atoms with van der Waals surface area (Å²) in [5.74, 6) is -0.864. The molecule has 2 heterocycles. The van der Waals surface area contributed by atoms with Gasteiger partial charge in [-0.2, -0.15) is 5.26 Å². The molecule has 2 fully saturated rings. The number of ether oxygens (including phenoxy) is 1. The SMILES string of the molecule is COc1ccc(-c2ccc(CN3[C@@H]4CC[C@H]3[C@@H](N)C4)cc2-c2ccc(C#N)c(F)c2)cc1F. The molecule has 168 valence electrons. The number of methoxy groups -OCH3 is 1. The summed E-state index contributed by atoms with van der Waals surface area (Å²) < 4.78 is 34.0. The second-order valence-corrected chi connectivity index (χ2v) is 8.91. The maximum absolute atomic E-state index is 14.5. The molecule has 0 spiro atoms. The first-order valence-electron chi connectivity index (χ1n) is 11.2. The summed E-state index contributed by atoms with van der Waals surface area (Å²) in [6.07, 6.45) is 3.33. The molecule has 3 aromatic rings. The Morgan fingerprint density at radius 2 is 1.76 bits per heavy atom. The van der Waals surface area contributed by atoms with Crippen LogP contribution in [0.5, 0.6) is 5.75 Å². The maximum Gasteiger partial charge on any atom is 0.165 e. The first-order valence-corrected chi connectivity index (χ1v) is 11.2. The van der Waals surface area contributed by atoms with Crippen LogP contribution < -0.4 is 10.5 Å². The first kappa shape index (κ1) is 21.6. The molecule has 0 unspecified atom stereocenters. The maximum atomic E-state index is 14.5. The number of halogens is 2.